The van der Waals surface area contributed by atoms with Crippen molar-refractivity contribution >= 4 is 46.0 Å². The highest BCUT2D eigenvalue weighted by molar-refractivity contribution is 7.00. The molecule has 3 rings (SSSR count). The molecular formula is C10H6Cl2N4OS. The summed E-state index contributed by atoms with van der Waals surface area (Å²) in [6, 6.07) is 3.32. The van der Waals surface area contributed by atoms with E-state index in [9.17, 15) is 0 Å². The van der Waals surface area contributed by atoms with Gasteiger partial charge in [0.05, 0.1) is 34.1 Å². The number of hydrogen-bond acceptors (Lipinski definition) is 5. The van der Waals surface area contributed by atoms with Gasteiger partial charge in [0.25, 0.3) is 0 Å². The zero-order valence-electron chi connectivity index (χ0n) is 8.84. The molecule has 0 spiro atoms. The average molecular weight is 301 g/mol. The van der Waals surface area contributed by atoms with Crippen LogP contribution in [0.3, 0.4) is 0 Å². The summed E-state index contributed by atoms with van der Waals surface area (Å²) in [5.74, 6) is 0. The highest BCUT2D eigenvalue weighted by Gasteiger charge is 2.16. The molecule has 0 aliphatic carbocycles. The number of benzene rings is 1. The number of aromatic nitrogens is 4. The molecule has 1 N–H and O–H groups in total. The summed E-state index contributed by atoms with van der Waals surface area (Å²) >= 11 is 13.3. The van der Waals surface area contributed by atoms with Gasteiger partial charge in [-0.3, -0.25) is 0 Å². The number of fused-ring (bicyclic) bond motifs is 1. The van der Waals surface area contributed by atoms with Crippen LogP contribution in [-0.4, -0.2) is 23.6 Å². The molecule has 3 aromatic rings. The third kappa shape index (κ3) is 1.78. The van der Waals surface area contributed by atoms with Crippen molar-refractivity contribution in [2.75, 3.05) is 0 Å². The summed E-state index contributed by atoms with van der Waals surface area (Å²) in [7, 11) is 0. The normalized spacial score (nSPS) is 11.3. The molecule has 18 heavy (non-hydrogen) atoms. The Morgan fingerprint density at radius 2 is 2.00 bits per heavy atom. The van der Waals surface area contributed by atoms with Crippen molar-refractivity contribution in [2.24, 2.45) is 0 Å². The van der Waals surface area contributed by atoms with Gasteiger partial charge < -0.3 is 5.11 Å². The van der Waals surface area contributed by atoms with Crippen LogP contribution < -0.4 is 0 Å². The van der Waals surface area contributed by atoms with Gasteiger partial charge in [0.2, 0.25) is 0 Å². The number of halogens is 2. The lowest BCUT2D eigenvalue weighted by Crippen LogP contribution is -1.99. The zero-order valence-corrected chi connectivity index (χ0v) is 11.2. The Morgan fingerprint density at radius 3 is 2.72 bits per heavy atom. The van der Waals surface area contributed by atoms with Crippen molar-refractivity contribution in [3.05, 3.63) is 34.1 Å². The maximum atomic E-state index is 9.03. The summed E-state index contributed by atoms with van der Waals surface area (Å²) in [6.45, 7) is -0.128. The number of nitrogens with zero attached hydrogens (tertiary/aromatic N) is 4. The SMILES string of the molecule is OCc1ccn(-c2c(Cl)cc(Cl)c3nsnc23)n1. The van der Waals surface area contributed by atoms with E-state index in [0.717, 1.165) is 11.7 Å². The highest BCUT2D eigenvalue weighted by atomic mass is 35.5. The molecule has 5 nitrogen and oxygen atoms in total. The molecule has 0 atom stereocenters. The van der Waals surface area contributed by atoms with E-state index in [1.807, 2.05) is 0 Å². The van der Waals surface area contributed by atoms with E-state index in [1.54, 1.807) is 23.0 Å². The Balaban J connectivity index is 2.30. The van der Waals surface area contributed by atoms with E-state index in [0.29, 0.717) is 32.5 Å². The Kier molecular flexibility index (Phi) is 2.95. The number of aliphatic hydroxyl groups excluding tert-OH is 1. The minimum absolute atomic E-state index is 0.128. The summed E-state index contributed by atoms with van der Waals surface area (Å²) in [5.41, 5.74) is 2.37. The third-order valence-corrected chi connectivity index (χ3v) is 3.56. The molecule has 0 bridgehead atoms. The number of aliphatic hydroxyl groups is 1. The van der Waals surface area contributed by atoms with Crippen LogP contribution in [0.15, 0.2) is 18.3 Å². The maximum Gasteiger partial charge on any atom is 0.133 e. The van der Waals surface area contributed by atoms with E-state index >= 15 is 0 Å². The van der Waals surface area contributed by atoms with E-state index in [-0.39, 0.29) is 6.61 Å². The third-order valence-electron chi connectivity index (χ3n) is 2.45. The van der Waals surface area contributed by atoms with Gasteiger partial charge in [-0.05, 0) is 12.1 Å². The van der Waals surface area contributed by atoms with Crippen molar-refractivity contribution in [3.63, 3.8) is 0 Å². The molecule has 8 heteroatoms. The van der Waals surface area contributed by atoms with Crippen LogP contribution in [-0.2, 0) is 6.61 Å². The van der Waals surface area contributed by atoms with Crippen LogP contribution in [0.1, 0.15) is 5.69 Å². The molecule has 2 heterocycles. The molecule has 0 amide bonds. The number of rotatable bonds is 2. The first kappa shape index (κ1) is 11.9. The molecule has 92 valence electrons. The van der Waals surface area contributed by atoms with Gasteiger partial charge in [0.15, 0.2) is 0 Å². The molecular weight excluding hydrogens is 295 g/mol. The second kappa shape index (κ2) is 4.47. The minimum atomic E-state index is -0.128. The monoisotopic (exact) mass is 300 g/mol. The zero-order chi connectivity index (χ0) is 12.7. The van der Waals surface area contributed by atoms with Gasteiger partial charge in [0.1, 0.15) is 16.7 Å². The number of hydrogen-bond donors (Lipinski definition) is 1. The first-order valence-electron chi connectivity index (χ1n) is 4.96. The second-order valence-corrected chi connectivity index (χ2v) is 4.90. The van der Waals surface area contributed by atoms with E-state index in [1.165, 1.54) is 0 Å². The van der Waals surface area contributed by atoms with Gasteiger partial charge >= 0.3 is 0 Å². The smallest absolute Gasteiger partial charge is 0.133 e. The lowest BCUT2D eigenvalue weighted by atomic mass is 10.2. The summed E-state index contributed by atoms with van der Waals surface area (Å²) in [6.07, 6.45) is 1.71. The summed E-state index contributed by atoms with van der Waals surface area (Å²) in [5, 5.41) is 14.1. The predicted octanol–water partition coefficient (Wildman–Crippen LogP) is 2.68. The van der Waals surface area contributed by atoms with Crippen molar-refractivity contribution < 1.29 is 5.11 Å². The molecule has 0 aliphatic rings. The largest absolute Gasteiger partial charge is 0.390 e. The first-order valence-corrected chi connectivity index (χ1v) is 6.45. The fourth-order valence-electron chi connectivity index (χ4n) is 1.65. The Morgan fingerprint density at radius 1 is 1.22 bits per heavy atom. The van der Waals surface area contributed by atoms with Gasteiger partial charge in [-0.2, -0.15) is 13.8 Å². The topological polar surface area (TPSA) is 63.8 Å². The Labute approximate surface area is 116 Å². The van der Waals surface area contributed by atoms with Crippen molar-refractivity contribution in [1.29, 1.82) is 0 Å². The van der Waals surface area contributed by atoms with Crippen LogP contribution >= 0.6 is 34.9 Å². The lowest BCUT2D eigenvalue weighted by molar-refractivity contribution is 0.276. The quantitative estimate of drug-likeness (QED) is 0.790. The lowest BCUT2D eigenvalue weighted by Gasteiger charge is -2.05. The van der Waals surface area contributed by atoms with E-state index in [2.05, 4.69) is 13.8 Å². The van der Waals surface area contributed by atoms with Gasteiger partial charge in [-0.25, -0.2) is 4.68 Å². The molecule has 0 fully saturated rings. The van der Waals surface area contributed by atoms with Crippen LogP contribution in [0.2, 0.25) is 10.0 Å². The highest BCUT2D eigenvalue weighted by Crippen LogP contribution is 2.33. The van der Waals surface area contributed by atoms with Crippen molar-refractivity contribution in [1.82, 2.24) is 18.5 Å². The molecule has 0 unspecified atom stereocenters. The molecule has 0 saturated heterocycles. The fourth-order valence-corrected chi connectivity index (χ4v) is 2.84. The van der Waals surface area contributed by atoms with E-state index in [4.69, 9.17) is 28.3 Å². The van der Waals surface area contributed by atoms with Crippen LogP contribution in [0, 0.1) is 0 Å². The van der Waals surface area contributed by atoms with E-state index < -0.39 is 0 Å². The van der Waals surface area contributed by atoms with Gasteiger partial charge in [0, 0.05) is 6.20 Å². The average Bonchev–Trinajstić information content (AvgIpc) is 2.97. The molecule has 0 aliphatic heterocycles. The molecule has 0 saturated carbocycles. The minimum Gasteiger partial charge on any atom is -0.390 e. The summed E-state index contributed by atoms with van der Waals surface area (Å²) in [4.78, 5) is 0. The standard InChI is InChI=1S/C10H6Cl2N4OS/c11-6-3-7(12)10(9-8(6)14-18-15-9)16-2-1-5(4-17)13-16/h1-3,17H,4H2. The molecule has 1 aromatic carbocycles. The Hall–Kier alpha value is -1.21. The van der Waals surface area contributed by atoms with Crippen LogP contribution in [0.5, 0.6) is 0 Å². The van der Waals surface area contributed by atoms with Crippen LogP contribution in [0.4, 0.5) is 0 Å². The van der Waals surface area contributed by atoms with Crippen molar-refractivity contribution in [3.8, 4) is 5.69 Å². The van der Waals surface area contributed by atoms with Gasteiger partial charge in [-0.15, -0.1) is 0 Å². The predicted molar refractivity (Wildman–Crippen MR) is 70.5 cm³/mol. The Bertz CT molecular complexity index is 724. The second-order valence-electron chi connectivity index (χ2n) is 3.56. The molecule has 2 aromatic heterocycles. The summed E-state index contributed by atoms with van der Waals surface area (Å²) < 4.78 is 9.88. The molecule has 0 radical (unpaired) electrons. The van der Waals surface area contributed by atoms with Crippen LogP contribution in [0.25, 0.3) is 16.7 Å². The maximum absolute atomic E-state index is 9.03. The fraction of sp³-hybridized carbons (Fsp3) is 0.100. The van der Waals surface area contributed by atoms with Crippen molar-refractivity contribution in [2.45, 2.75) is 6.61 Å². The first-order chi connectivity index (χ1) is 8.70. The van der Waals surface area contributed by atoms with Gasteiger partial charge in [-0.1, -0.05) is 23.2 Å².